The van der Waals surface area contributed by atoms with Gasteiger partial charge in [0.2, 0.25) is 0 Å². The minimum Gasteiger partial charge on any atom is -0.463 e. The quantitative estimate of drug-likeness (QED) is 0.0885. The number of halogens is 2. The minimum atomic E-state index is -0.308. The van der Waals surface area contributed by atoms with Crippen LogP contribution in [-0.4, -0.2) is 22.6 Å². The first kappa shape index (κ1) is 27.1. The van der Waals surface area contributed by atoms with Crippen molar-refractivity contribution < 1.29 is 23.5 Å². The molecule has 0 bridgehead atoms. The summed E-state index contributed by atoms with van der Waals surface area (Å²) in [6.45, 7) is 0. The monoisotopic (exact) mass is 606 g/mol. The average molecular weight is 608 g/mol. The molecular formula is C27H28Br2O6. The number of hydrogen-bond donors (Lipinski definition) is 0. The van der Waals surface area contributed by atoms with Gasteiger partial charge in [0.05, 0.1) is 10.9 Å². The third-order valence-electron chi connectivity index (χ3n) is 5.40. The summed E-state index contributed by atoms with van der Waals surface area (Å²) in [4.78, 5) is 37.0. The Labute approximate surface area is 221 Å². The Morgan fingerprint density at radius 3 is 1.91 bits per heavy atom. The van der Waals surface area contributed by atoms with Gasteiger partial charge >= 0.3 is 11.9 Å². The molecule has 8 heteroatoms. The van der Waals surface area contributed by atoms with E-state index in [0.717, 1.165) is 49.2 Å². The fraction of sp³-hybridized carbons (Fsp3) is 0.370. The van der Waals surface area contributed by atoms with Gasteiger partial charge in [0, 0.05) is 29.6 Å². The number of fused-ring (bicyclic) bond motifs is 1. The van der Waals surface area contributed by atoms with Crippen LogP contribution in [0.15, 0.2) is 57.9 Å². The van der Waals surface area contributed by atoms with Crippen LogP contribution in [0.3, 0.4) is 0 Å². The van der Waals surface area contributed by atoms with E-state index in [9.17, 15) is 14.4 Å². The van der Waals surface area contributed by atoms with Gasteiger partial charge in [-0.15, -0.1) is 0 Å². The third kappa shape index (κ3) is 8.32. The Morgan fingerprint density at radius 1 is 0.743 bits per heavy atom. The van der Waals surface area contributed by atoms with Gasteiger partial charge < -0.3 is 13.9 Å². The Bertz CT molecular complexity index is 1190. The maximum Gasteiger partial charge on any atom is 0.311 e. The number of rotatable bonds is 13. The number of esters is 2. The molecule has 0 atom stereocenters. The summed E-state index contributed by atoms with van der Waals surface area (Å²) < 4.78 is 16.4. The molecular weight excluding hydrogens is 580 g/mol. The van der Waals surface area contributed by atoms with E-state index in [1.807, 2.05) is 0 Å². The normalized spacial score (nSPS) is 10.9. The standard InChI is InChI=1S/C27H28Br2O6/c28-15-5-1-3-7-25(30)34-20-11-9-19(10-12-20)23-18-33-24-17-21(13-14-22(24)27(23)32)35-26(31)8-4-2-6-16-29/h9-14,17-18H,1-8,15-16H2. The molecule has 0 saturated carbocycles. The van der Waals surface area contributed by atoms with Crippen LogP contribution in [-0.2, 0) is 9.59 Å². The smallest absolute Gasteiger partial charge is 0.311 e. The van der Waals surface area contributed by atoms with Gasteiger partial charge in [-0.05, 0) is 55.5 Å². The van der Waals surface area contributed by atoms with Crippen LogP contribution in [0.4, 0.5) is 0 Å². The van der Waals surface area contributed by atoms with Crippen LogP contribution in [0.25, 0.3) is 22.1 Å². The van der Waals surface area contributed by atoms with Crippen molar-refractivity contribution in [3.05, 3.63) is 59.0 Å². The Morgan fingerprint density at radius 2 is 1.31 bits per heavy atom. The van der Waals surface area contributed by atoms with Crippen LogP contribution in [0.5, 0.6) is 11.5 Å². The zero-order valence-electron chi connectivity index (χ0n) is 19.4. The molecule has 1 aromatic heterocycles. The van der Waals surface area contributed by atoms with Gasteiger partial charge in [-0.1, -0.05) is 56.8 Å². The van der Waals surface area contributed by atoms with Gasteiger partial charge in [-0.2, -0.15) is 0 Å². The Kier molecular flexibility index (Phi) is 11.0. The molecule has 0 aliphatic rings. The van der Waals surface area contributed by atoms with Gasteiger partial charge in [-0.25, -0.2) is 0 Å². The first-order chi connectivity index (χ1) is 17.0. The van der Waals surface area contributed by atoms with Gasteiger partial charge in [0.15, 0.2) is 5.43 Å². The highest BCUT2D eigenvalue weighted by Gasteiger charge is 2.13. The average Bonchev–Trinajstić information content (AvgIpc) is 2.85. The fourth-order valence-corrected chi connectivity index (χ4v) is 4.31. The second kappa shape index (κ2) is 14.2. The molecule has 0 radical (unpaired) electrons. The van der Waals surface area contributed by atoms with Gasteiger partial charge in [0.1, 0.15) is 23.3 Å². The van der Waals surface area contributed by atoms with Crippen molar-refractivity contribution in [2.45, 2.75) is 51.4 Å². The molecule has 3 aromatic rings. The highest BCUT2D eigenvalue weighted by Crippen LogP contribution is 2.25. The first-order valence-corrected chi connectivity index (χ1v) is 14.0. The molecule has 0 spiro atoms. The topological polar surface area (TPSA) is 82.8 Å². The lowest BCUT2D eigenvalue weighted by molar-refractivity contribution is -0.135. The number of benzene rings is 2. The lowest BCUT2D eigenvalue weighted by Gasteiger charge is -2.07. The zero-order chi connectivity index (χ0) is 25.0. The van der Waals surface area contributed by atoms with Crippen molar-refractivity contribution >= 4 is 54.8 Å². The molecule has 0 amide bonds. The molecule has 0 saturated heterocycles. The number of hydrogen-bond acceptors (Lipinski definition) is 6. The van der Waals surface area contributed by atoms with E-state index in [-0.39, 0.29) is 17.4 Å². The molecule has 35 heavy (non-hydrogen) atoms. The van der Waals surface area contributed by atoms with Crippen molar-refractivity contribution in [2.24, 2.45) is 0 Å². The summed E-state index contributed by atoms with van der Waals surface area (Å²) in [5, 5.41) is 2.24. The van der Waals surface area contributed by atoms with Crippen molar-refractivity contribution in [2.75, 3.05) is 10.7 Å². The van der Waals surface area contributed by atoms with Crippen LogP contribution < -0.4 is 14.9 Å². The maximum atomic E-state index is 13.0. The lowest BCUT2D eigenvalue weighted by Crippen LogP contribution is -2.09. The number of alkyl halides is 2. The summed E-state index contributed by atoms with van der Waals surface area (Å²) >= 11 is 6.74. The molecule has 186 valence electrons. The molecule has 0 fully saturated rings. The molecule has 0 unspecified atom stereocenters. The van der Waals surface area contributed by atoms with Gasteiger partial charge in [0.25, 0.3) is 0 Å². The fourth-order valence-electron chi connectivity index (χ4n) is 3.52. The second-order valence-electron chi connectivity index (χ2n) is 8.11. The number of ether oxygens (including phenoxy) is 2. The molecule has 3 rings (SSSR count). The maximum absolute atomic E-state index is 13.0. The second-order valence-corrected chi connectivity index (χ2v) is 9.69. The number of unbranched alkanes of at least 4 members (excludes halogenated alkanes) is 4. The Balaban J connectivity index is 1.65. The first-order valence-electron chi connectivity index (χ1n) is 11.7. The SMILES string of the molecule is O=C(CCCCCBr)Oc1ccc(-c2coc3cc(OC(=O)CCCCCBr)ccc3c2=O)cc1. The number of carbonyl (C=O) groups excluding carboxylic acids is 2. The predicted molar refractivity (Wildman–Crippen MR) is 144 cm³/mol. The van der Waals surface area contributed by atoms with Crippen LogP contribution in [0.2, 0.25) is 0 Å². The molecule has 1 heterocycles. The summed E-state index contributed by atoms with van der Waals surface area (Å²) in [5.41, 5.74) is 1.18. The van der Waals surface area contributed by atoms with E-state index in [0.29, 0.717) is 46.4 Å². The number of carbonyl (C=O) groups is 2. The highest BCUT2D eigenvalue weighted by molar-refractivity contribution is 9.09. The zero-order valence-corrected chi connectivity index (χ0v) is 22.6. The van der Waals surface area contributed by atoms with E-state index in [1.54, 1.807) is 42.5 Å². The van der Waals surface area contributed by atoms with E-state index >= 15 is 0 Å². The molecule has 2 aromatic carbocycles. The van der Waals surface area contributed by atoms with Crippen molar-refractivity contribution in [3.63, 3.8) is 0 Å². The van der Waals surface area contributed by atoms with Gasteiger partial charge in [-0.3, -0.25) is 14.4 Å². The van der Waals surface area contributed by atoms with E-state index in [2.05, 4.69) is 31.9 Å². The summed E-state index contributed by atoms with van der Waals surface area (Å²) in [6, 6.07) is 11.5. The third-order valence-corrected chi connectivity index (χ3v) is 6.53. The summed E-state index contributed by atoms with van der Waals surface area (Å²) in [7, 11) is 0. The van der Waals surface area contributed by atoms with Crippen molar-refractivity contribution in [1.82, 2.24) is 0 Å². The van der Waals surface area contributed by atoms with E-state index in [1.165, 1.54) is 6.26 Å². The molecule has 0 aliphatic carbocycles. The largest absolute Gasteiger partial charge is 0.463 e. The summed E-state index contributed by atoms with van der Waals surface area (Å²) in [5.74, 6) is 0.200. The highest BCUT2D eigenvalue weighted by atomic mass is 79.9. The minimum absolute atomic E-state index is 0.199. The predicted octanol–water partition coefficient (Wildman–Crippen LogP) is 7.18. The van der Waals surface area contributed by atoms with E-state index < -0.39 is 0 Å². The van der Waals surface area contributed by atoms with Crippen molar-refractivity contribution in [1.29, 1.82) is 0 Å². The Hall–Kier alpha value is -2.45. The molecule has 0 aliphatic heterocycles. The lowest BCUT2D eigenvalue weighted by atomic mass is 10.1. The molecule has 0 N–H and O–H groups in total. The van der Waals surface area contributed by atoms with E-state index in [4.69, 9.17) is 13.9 Å². The van der Waals surface area contributed by atoms with Crippen LogP contribution in [0.1, 0.15) is 51.4 Å². The molecule has 6 nitrogen and oxygen atoms in total. The van der Waals surface area contributed by atoms with Crippen LogP contribution >= 0.6 is 31.9 Å². The van der Waals surface area contributed by atoms with Crippen molar-refractivity contribution in [3.8, 4) is 22.6 Å². The van der Waals surface area contributed by atoms with Crippen LogP contribution in [0, 0.1) is 0 Å². The summed E-state index contributed by atoms with van der Waals surface area (Å²) in [6.07, 6.45) is 7.64.